The van der Waals surface area contributed by atoms with Crippen LogP contribution in [0.1, 0.15) is 78.0 Å². The Hall–Kier alpha value is -1.68. The van der Waals surface area contributed by atoms with Crippen LogP contribution in [-0.4, -0.2) is 60.3 Å². The van der Waals surface area contributed by atoms with Gasteiger partial charge in [-0.05, 0) is 32.3 Å². The van der Waals surface area contributed by atoms with Crippen molar-refractivity contribution < 1.29 is 18.9 Å². The minimum atomic E-state index is -0.736. The third kappa shape index (κ3) is 5.11. The van der Waals surface area contributed by atoms with Crippen molar-refractivity contribution in [1.82, 2.24) is 14.6 Å². The predicted octanol–water partition coefficient (Wildman–Crippen LogP) is 2.54. The van der Waals surface area contributed by atoms with Crippen molar-refractivity contribution in [1.29, 1.82) is 0 Å². The molecule has 3 heterocycles. The first kappa shape index (κ1) is 25.0. The standard InChI is InChI=1S/C23H39BN4O4/c1-5-8-11-29-20-22(30-12-9-6-2)32-19(23(20,4)31-13-10-7-3)17-14-16(24)18-21(25)26-15-27-28(17)18/h14-15,19-20,22H,5-13,24H2,1-4H3,(H2,25,26,27)/t19-,20+,22?,23-/m0/s1. The van der Waals surface area contributed by atoms with E-state index in [2.05, 4.69) is 43.8 Å². The average Bonchev–Trinajstić information content (AvgIpc) is 3.24. The van der Waals surface area contributed by atoms with Crippen LogP contribution in [-0.2, 0) is 18.9 Å². The summed E-state index contributed by atoms with van der Waals surface area (Å²) in [5.74, 6) is 0.446. The number of fused-ring (bicyclic) bond motifs is 1. The molecule has 2 aromatic heterocycles. The van der Waals surface area contributed by atoms with Gasteiger partial charge in [-0.15, -0.1) is 0 Å². The van der Waals surface area contributed by atoms with Crippen molar-refractivity contribution in [2.24, 2.45) is 0 Å². The fourth-order valence-electron chi connectivity index (χ4n) is 4.26. The fraction of sp³-hybridized carbons (Fsp3) is 0.739. The van der Waals surface area contributed by atoms with E-state index in [1.807, 2.05) is 12.4 Å². The summed E-state index contributed by atoms with van der Waals surface area (Å²) in [6, 6.07) is 2.06. The topological polar surface area (TPSA) is 93.1 Å². The van der Waals surface area contributed by atoms with Crippen LogP contribution in [0.25, 0.3) is 5.52 Å². The van der Waals surface area contributed by atoms with E-state index < -0.39 is 18.0 Å². The quantitative estimate of drug-likeness (QED) is 0.373. The number of unbranched alkanes of at least 4 members (excludes halogenated alkanes) is 3. The number of nitrogens with zero attached hydrogens (tertiary/aromatic N) is 3. The Labute approximate surface area is 192 Å². The molecule has 0 radical (unpaired) electrons. The summed E-state index contributed by atoms with van der Waals surface area (Å²) in [7, 11) is 2.01. The number of hydrogen-bond donors (Lipinski definition) is 1. The second-order valence-electron chi connectivity index (χ2n) is 8.80. The lowest BCUT2D eigenvalue weighted by Gasteiger charge is -2.35. The Bertz CT molecular complexity index is 864. The largest absolute Gasteiger partial charge is 0.382 e. The molecule has 1 saturated heterocycles. The molecule has 0 aromatic carbocycles. The zero-order chi connectivity index (χ0) is 23.1. The molecule has 1 unspecified atom stereocenters. The van der Waals surface area contributed by atoms with Crippen molar-refractivity contribution in [2.45, 2.75) is 90.3 Å². The summed E-state index contributed by atoms with van der Waals surface area (Å²) < 4.78 is 27.5. The van der Waals surface area contributed by atoms with Gasteiger partial charge in [-0.2, -0.15) is 5.10 Å². The third-order valence-corrected chi connectivity index (χ3v) is 6.16. The molecule has 32 heavy (non-hydrogen) atoms. The molecule has 0 amide bonds. The maximum atomic E-state index is 6.55. The second-order valence-corrected chi connectivity index (χ2v) is 8.80. The van der Waals surface area contributed by atoms with Gasteiger partial charge in [0.2, 0.25) is 0 Å². The lowest BCUT2D eigenvalue weighted by molar-refractivity contribution is -0.184. The molecular weight excluding hydrogens is 407 g/mol. The number of nitrogen functional groups attached to an aromatic ring is 1. The number of rotatable bonds is 13. The smallest absolute Gasteiger partial charge is 0.187 e. The highest BCUT2D eigenvalue weighted by molar-refractivity contribution is 6.37. The lowest BCUT2D eigenvalue weighted by atomic mass is 9.90. The van der Waals surface area contributed by atoms with Crippen LogP contribution < -0.4 is 11.2 Å². The number of hydrogen-bond acceptors (Lipinski definition) is 7. The van der Waals surface area contributed by atoms with Crippen LogP contribution >= 0.6 is 0 Å². The highest BCUT2D eigenvalue weighted by atomic mass is 16.7. The molecule has 1 aliphatic heterocycles. The zero-order valence-corrected chi connectivity index (χ0v) is 20.3. The van der Waals surface area contributed by atoms with E-state index in [0.29, 0.717) is 25.6 Å². The van der Waals surface area contributed by atoms with E-state index in [1.54, 1.807) is 0 Å². The van der Waals surface area contributed by atoms with E-state index in [1.165, 1.54) is 6.33 Å². The van der Waals surface area contributed by atoms with Crippen molar-refractivity contribution in [3.05, 3.63) is 18.1 Å². The molecule has 4 atom stereocenters. The van der Waals surface area contributed by atoms with E-state index >= 15 is 0 Å². The van der Waals surface area contributed by atoms with Gasteiger partial charge in [-0.3, -0.25) is 0 Å². The van der Waals surface area contributed by atoms with Gasteiger partial charge in [0.25, 0.3) is 0 Å². The van der Waals surface area contributed by atoms with E-state index in [4.69, 9.17) is 24.7 Å². The van der Waals surface area contributed by atoms with Crippen LogP contribution in [0, 0.1) is 0 Å². The Morgan fingerprint density at radius 2 is 1.75 bits per heavy atom. The van der Waals surface area contributed by atoms with Crippen LogP contribution in [0.15, 0.2) is 12.4 Å². The molecule has 1 fully saturated rings. The molecule has 0 bridgehead atoms. The molecule has 2 aromatic rings. The van der Waals surface area contributed by atoms with Gasteiger partial charge in [-0.25, -0.2) is 9.50 Å². The summed E-state index contributed by atoms with van der Waals surface area (Å²) in [4.78, 5) is 4.16. The molecule has 8 nitrogen and oxygen atoms in total. The maximum absolute atomic E-state index is 6.55. The molecule has 3 rings (SSSR count). The van der Waals surface area contributed by atoms with Crippen LogP contribution in [0.2, 0.25) is 0 Å². The Morgan fingerprint density at radius 3 is 2.44 bits per heavy atom. The summed E-state index contributed by atoms with van der Waals surface area (Å²) in [5.41, 5.74) is 8.08. The summed E-state index contributed by atoms with van der Waals surface area (Å²) >= 11 is 0. The highest BCUT2D eigenvalue weighted by Gasteiger charge is 2.57. The first-order chi connectivity index (χ1) is 15.5. The van der Waals surface area contributed by atoms with Gasteiger partial charge >= 0.3 is 0 Å². The molecule has 0 saturated carbocycles. The predicted molar refractivity (Wildman–Crippen MR) is 128 cm³/mol. The summed E-state index contributed by atoms with van der Waals surface area (Å²) in [5, 5.41) is 4.48. The monoisotopic (exact) mass is 446 g/mol. The normalized spacial score (nSPS) is 25.7. The maximum Gasteiger partial charge on any atom is 0.187 e. The molecule has 0 spiro atoms. The minimum absolute atomic E-state index is 0.349. The molecule has 0 aliphatic carbocycles. The summed E-state index contributed by atoms with van der Waals surface area (Å²) in [6.45, 7) is 10.4. The Kier molecular flexibility index (Phi) is 8.93. The van der Waals surface area contributed by atoms with Crippen molar-refractivity contribution in [2.75, 3.05) is 25.6 Å². The van der Waals surface area contributed by atoms with E-state index in [-0.39, 0.29) is 6.10 Å². The van der Waals surface area contributed by atoms with E-state index in [9.17, 15) is 0 Å². The second kappa shape index (κ2) is 11.5. The lowest BCUT2D eigenvalue weighted by Crippen LogP contribution is -2.47. The van der Waals surface area contributed by atoms with Gasteiger partial charge < -0.3 is 24.7 Å². The van der Waals surface area contributed by atoms with Gasteiger partial charge in [0.1, 0.15) is 37.5 Å². The number of anilines is 1. The van der Waals surface area contributed by atoms with Crippen molar-refractivity contribution in [3.8, 4) is 0 Å². The van der Waals surface area contributed by atoms with E-state index in [0.717, 1.165) is 55.2 Å². The third-order valence-electron chi connectivity index (χ3n) is 6.16. The van der Waals surface area contributed by atoms with Crippen LogP contribution in [0.3, 0.4) is 0 Å². The number of nitrogens with two attached hydrogens (primary N) is 1. The molecule has 178 valence electrons. The van der Waals surface area contributed by atoms with Gasteiger partial charge in [0, 0.05) is 19.8 Å². The van der Waals surface area contributed by atoms with Gasteiger partial charge in [0.15, 0.2) is 12.1 Å². The Balaban J connectivity index is 2.00. The van der Waals surface area contributed by atoms with Crippen LogP contribution in [0.4, 0.5) is 5.82 Å². The molecular formula is C23H39BN4O4. The Morgan fingerprint density at radius 1 is 1.09 bits per heavy atom. The highest BCUT2D eigenvalue weighted by Crippen LogP contribution is 2.46. The first-order valence-corrected chi connectivity index (χ1v) is 12.1. The van der Waals surface area contributed by atoms with Crippen molar-refractivity contribution >= 4 is 24.6 Å². The molecule has 1 aliphatic rings. The van der Waals surface area contributed by atoms with Crippen molar-refractivity contribution in [3.63, 3.8) is 0 Å². The molecule has 9 heteroatoms. The number of ether oxygens (including phenoxy) is 4. The first-order valence-electron chi connectivity index (χ1n) is 12.1. The average molecular weight is 446 g/mol. The number of aromatic nitrogens is 3. The van der Waals surface area contributed by atoms with Gasteiger partial charge in [-0.1, -0.05) is 45.5 Å². The fourth-order valence-corrected chi connectivity index (χ4v) is 4.26. The zero-order valence-electron chi connectivity index (χ0n) is 20.3. The van der Waals surface area contributed by atoms with Gasteiger partial charge in [0.05, 0.1) is 5.69 Å². The summed E-state index contributed by atoms with van der Waals surface area (Å²) in [6.07, 6.45) is 6.27. The van der Waals surface area contributed by atoms with Crippen LogP contribution in [0.5, 0.6) is 0 Å². The molecule has 2 N–H and O–H groups in total. The SMILES string of the molecule is Bc1cc([C@@H]2OC(OCCCC)[C@@H](OCCCC)[C@@]2(C)OCCCC)n2ncnc(N)c12. The minimum Gasteiger partial charge on any atom is -0.382 e.